The molecule has 1 aromatic rings. The predicted molar refractivity (Wildman–Crippen MR) is 84.3 cm³/mol. The van der Waals surface area contributed by atoms with E-state index in [1.165, 1.54) is 32.4 Å². The molecule has 1 aliphatic rings. The van der Waals surface area contributed by atoms with Gasteiger partial charge < -0.3 is 14.6 Å². The van der Waals surface area contributed by atoms with Crippen LogP contribution in [0.1, 0.15) is 49.4 Å². The second-order valence-corrected chi connectivity index (χ2v) is 6.32. The molecule has 0 atom stereocenters. The van der Waals surface area contributed by atoms with Gasteiger partial charge in [0.05, 0.1) is 23.2 Å². The van der Waals surface area contributed by atoms with E-state index in [4.69, 9.17) is 14.6 Å². The normalized spacial score (nSPS) is 21.9. The van der Waals surface area contributed by atoms with Gasteiger partial charge in [0.15, 0.2) is 11.5 Å². The average molecular weight is 357 g/mol. The summed E-state index contributed by atoms with van der Waals surface area (Å²) in [5.74, 6) is 0.885. The van der Waals surface area contributed by atoms with Gasteiger partial charge in [0.2, 0.25) is 0 Å². The van der Waals surface area contributed by atoms with Crippen LogP contribution in [0.25, 0.3) is 0 Å². The van der Waals surface area contributed by atoms with Crippen LogP contribution in [-0.4, -0.2) is 24.3 Å². The third kappa shape index (κ3) is 3.90. The summed E-state index contributed by atoms with van der Waals surface area (Å²) in [5, 5.41) is 9.08. The number of carbonyl (C=O) groups is 1. The van der Waals surface area contributed by atoms with Crippen molar-refractivity contribution >= 4 is 21.9 Å². The molecule has 1 fully saturated rings. The maximum absolute atomic E-state index is 11.1. The first-order chi connectivity index (χ1) is 10.0. The first-order valence-corrected chi connectivity index (χ1v) is 8.11. The number of benzene rings is 1. The average Bonchev–Trinajstić information content (AvgIpc) is 2.49. The Balaban J connectivity index is 2.14. The van der Waals surface area contributed by atoms with Crippen molar-refractivity contribution in [2.45, 2.75) is 45.1 Å². The van der Waals surface area contributed by atoms with Crippen molar-refractivity contribution in [3.63, 3.8) is 0 Å². The van der Waals surface area contributed by atoms with Gasteiger partial charge in [0.1, 0.15) is 0 Å². The number of hydrogen-bond donors (Lipinski definition) is 1. The van der Waals surface area contributed by atoms with Crippen molar-refractivity contribution in [2.75, 3.05) is 7.11 Å². The van der Waals surface area contributed by atoms with Gasteiger partial charge in [-0.25, -0.2) is 4.79 Å². The van der Waals surface area contributed by atoms with Gasteiger partial charge in [-0.05, 0) is 59.7 Å². The summed E-state index contributed by atoms with van der Waals surface area (Å²) in [6.07, 6.45) is 5.85. The molecular weight excluding hydrogens is 336 g/mol. The second-order valence-electron chi connectivity index (χ2n) is 5.46. The quantitative estimate of drug-likeness (QED) is 0.843. The molecule has 2 rings (SSSR count). The Morgan fingerprint density at radius 3 is 2.52 bits per heavy atom. The van der Waals surface area contributed by atoms with E-state index in [0.29, 0.717) is 16.0 Å². The summed E-state index contributed by atoms with van der Waals surface area (Å²) in [5.41, 5.74) is 0.181. The van der Waals surface area contributed by atoms with Crippen LogP contribution in [-0.2, 0) is 0 Å². The van der Waals surface area contributed by atoms with Crippen molar-refractivity contribution in [3.05, 3.63) is 22.2 Å². The van der Waals surface area contributed by atoms with E-state index in [1.54, 1.807) is 6.07 Å². The smallest absolute Gasteiger partial charge is 0.335 e. The molecule has 0 heterocycles. The number of ether oxygens (including phenoxy) is 2. The first-order valence-electron chi connectivity index (χ1n) is 7.32. The lowest BCUT2D eigenvalue weighted by Gasteiger charge is -2.29. The van der Waals surface area contributed by atoms with Crippen molar-refractivity contribution in [3.8, 4) is 11.5 Å². The van der Waals surface area contributed by atoms with E-state index >= 15 is 0 Å². The SMILES string of the molecule is CCC1CCC(Oc2c(Br)cc(C(=O)O)cc2OC)CC1. The fraction of sp³-hybridized carbons (Fsp3) is 0.562. The molecule has 116 valence electrons. The van der Waals surface area contributed by atoms with Crippen LogP contribution in [0.15, 0.2) is 16.6 Å². The largest absolute Gasteiger partial charge is 0.493 e. The Labute approximate surface area is 133 Å². The number of carboxylic acids is 1. The van der Waals surface area contributed by atoms with Crippen LogP contribution in [0, 0.1) is 5.92 Å². The van der Waals surface area contributed by atoms with Gasteiger partial charge in [0, 0.05) is 0 Å². The molecule has 1 aromatic carbocycles. The summed E-state index contributed by atoms with van der Waals surface area (Å²) in [4.78, 5) is 11.1. The topological polar surface area (TPSA) is 55.8 Å². The maximum atomic E-state index is 11.1. The Hall–Kier alpha value is -1.23. The highest BCUT2D eigenvalue weighted by Crippen LogP contribution is 2.39. The van der Waals surface area contributed by atoms with Crippen molar-refractivity contribution in [2.24, 2.45) is 5.92 Å². The zero-order valence-electron chi connectivity index (χ0n) is 12.4. The fourth-order valence-corrected chi connectivity index (χ4v) is 3.32. The lowest BCUT2D eigenvalue weighted by Crippen LogP contribution is -2.24. The minimum atomic E-state index is -0.982. The Morgan fingerprint density at radius 2 is 2.00 bits per heavy atom. The summed E-state index contributed by atoms with van der Waals surface area (Å²) in [6.45, 7) is 2.23. The van der Waals surface area contributed by atoms with E-state index < -0.39 is 5.97 Å². The lowest BCUT2D eigenvalue weighted by molar-refractivity contribution is 0.0696. The molecule has 5 heteroatoms. The molecule has 0 unspecified atom stereocenters. The molecule has 4 nitrogen and oxygen atoms in total. The predicted octanol–water partition coefficient (Wildman–Crippen LogP) is 4.50. The van der Waals surface area contributed by atoms with Gasteiger partial charge in [-0.2, -0.15) is 0 Å². The van der Waals surface area contributed by atoms with Gasteiger partial charge >= 0.3 is 5.97 Å². The molecule has 1 saturated carbocycles. The molecule has 0 spiro atoms. The summed E-state index contributed by atoms with van der Waals surface area (Å²) < 4.78 is 12.0. The van der Waals surface area contributed by atoms with Crippen LogP contribution in [0.3, 0.4) is 0 Å². The molecular formula is C16H21BrO4. The van der Waals surface area contributed by atoms with Crippen LogP contribution in [0.5, 0.6) is 11.5 Å². The number of halogens is 1. The van der Waals surface area contributed by atoms with Gasteiger partial charge in [-0.1, -0.05) is 13.3 Å². The number of rotatable bonds is 5. The molecule has 0 bridgehead atoms. The molecule has 1 aliphatic carbocycles. The summed E-state index contributed by atoms with van der Waals surface area (Å²) >= 11 is 3.39. The number of methoxy groups -OCH3 is 1. The highest BCUT2D eigenvalue weighted by atomic mass is 79.9. The van der Waals surface area contributed by atoms with Crippen LogP contribution in [0.2, 0.25) is 0 Å². The Bertz CT molecular complexity index is 507. The van der Waals surface area contributed by atoms with E-state index in [0.717, 1.165) is 18.8 Å². The Morgan fingerprint density at radius 1 is 1.33 bits per heavy atom. The van der Waals surface area contributed by atoms with Crippen molar-refractivity contribution < 1.29 is 19.4 Å². The van der Waals surface area contributed by atoms with Crippen molar-refractivity contribution in [1.82, 2.24) is 0 Å². The van der Waals surface area contributed by atoms with Gasteiger partial charge in [-0.15, -0.1) is 0 Å². The molecule has 0 amide bonds. The monoisotopic (exact) mass is 356 g/mol. The molecule has 21 heavy (non-hydrogen) atoms. The van der Waals surface area contributed by atoms with E-state index in [9.17, 15) is 4.79 Å². The summed E-state index contributed by atoms with van der Waals surface area (Å²) in [6, 6.07) is 3.05. The second kappa shape index (κ2) is 7.16. The zero-order chi connectivity index (χ0) is 15.4. The maximum Gasteiger partial charge on any atom is 0.335 e. The van der Waals surface area contributed by atoms with Gasteiger partial charge in [0.25, 0.3) is 0 Å². The molecule has 1 N–H and O–H groups in total. The molecule has 0 saturated heterocycles. The van der Waals surface area contributed by atoms with E-state index in [-0.39, 0.29) is 11.7 Å². The fourth-order valence-electron chi connectivity index (χ4n) is 2.78. The highest BCUT2D eigenvalue weighted by Gasteiger charge is 2.24. The van der Waals surface area contributed by atoms with Crippen molar-refractivity contribution in [1.29, 1.82) is 0 Å². The van der Waals surface area contributed by atoms with E-state index in [1.807, 2.05) is 0 Å². The third-order valence-electron chi connectivity index (χ3n) is 4.13. The third-order valence-corrected chi connectivity index (χ3v) is 4.72. The van der Waals surface area contributed by atoms with Gasteiger partial charge in [-0.3, -0.25) is 0 Å². The molecule has 0 aliphatic heterocycles. The van der Waals surface area contributed by atoms with Crippen LogP contribution in [0.4, 0.5) is 0 Å². The lowest BCUT2D eigenvalue weighted by atomic mass is 9.86. The standard InChI is InChI=1S/C16H21BrO4/c1-3-10-4-6-12(7-5-10)21-15-13(17)8-11(16(18)19)9-14(15)20-2/h8-10,12H,3-7H2,1-2H3,(H,18,19). The number of carboxylic acid groups (broad SMARTS) is 1. The zero-order valence-corrected chi connectivity index (χ0v) is 14.0. The van der Waals surface area contributed by atoms with Crippen LogP contribution >= 0.6 is 15.9 Å². The Kier molecular flexibility index (Phi) is 5.51. The molecule has 0 radical (unpaired) electrons. The number of aromatic carboxylic acids is 1. The first kappa shape index (κ1) is 16.1. The van der Waals surface area contributed by atoms with Crippen LogP contribution < -0.4 is 9.47 Å². The summed E-state index contributed by atoms with van der Waals surface area (Å²) in [7, 11) is 1.52. The highest BCUT2D eigenvalue weighted by molar-refractivity contribution is 9.10. The number of hydrogen-bond acceptors (Lipinski definition) is 3. The van der Waals surface area contributed by atoms with E-state index in [2.05, 4.69) is 22.9 Å². The minimum Gasteiger partial charge on any atom is -0.493 e. The minimum absolute atomic E-state index is 0.175. The molecule has 0 aromatic heterocycles.